The Morgan fingerprint density at radius 3 is 2.67 bits per heavy atom. The zero-order valence-corrected chi connectivity index (χ0v) is 15.9. The molecule has 1 aliphatic heterocycles. The van der Waals surface area contributed by atoms with Gasteiger partial charge in [0.1, 0.15) is 10.6 Å². The van der Waals surface area contributed by atoms with E-state index in [0.717, 1.165) is 12.0 Å². The summed E-state index contributed by atoms with van der Waals surface area (Å²) in [4.78, 5) is 0.173. The molecule has 0 radical (unpaired) electrons. The van der Waals surface area contributed by atoms with Crippen LogP contribution in [0.3, 0.4) is 0 Å². The normalized spacial score (nSPS) is 18.2. The van der Waals surface area contributed by atoms with E-state index in [2.05, 4.69) is 15.4 Å². The Hall–Kier alpha value is -2.52. The van der Waals surface area contributed by atoms with E-state index in [1.54, 1.807) is 13.8 Å². The van der Waals surface area contributed by atoms with E-state index in [1.165, 1.54) is 4.31 Å². The van der Waals surface area contributed by atoms with Gasteiger partial charge < -0.3 is 8.94 Å². The lowest BCUT2D eigenvalue weighted by atomic mass is 10.1. The SMILES string of the molecule is Cc1noc(C)c1S(=O)(=O)N1CCC(Cc2nnc(-c3ccccc3)o2)C1. The van der Waals surface area contributed by atoms with Crippen LogP contribution in [0.2, 0.25) is 0 Å². The van der Waals surface area contributed by atoms with Crippen molar-refractivity contribution in [2.75, 3.05) is 13.1 Å². The molecular formula is C18H20N4O4S. The maximum absolute atomic E-state index is 12.9. The lowest BCUT2D eigenvalue weighted by Crippen LogP contribution is -2.29. The number of nitrogens with zero attached hydrogens (tertiary/aromatic N) is 4. The minimum absolute atomic E-state index is 0.129. The van der Waals surface area contributed by atoms with Gasteiger partial charge in [0.05, 0.1) is 0 Å². The molecule has 3 aromatic rings. The molecule has 1 aromatic carbocycles. The van der Waals surface area contributed by atoms with Gasteiger partial charge in [-0.2, -0.15) is 4.31 Å². The third-order valence-electron chi connectivity index (χ3n) is 4.77. The van der Waals surface area contributed by atoms with Crippen LogP contribution in [0, 0.1) is 19.8 Å². The van der Waals surface area contributed by atoms with Crippen molar-refractivity contribution in [3.8, 4) is 11.5 Å². The van der Waals surface area contributed by atoms with E-state index in [0.29, 0.717) is 42.7 Å². The zero-order valence-electron chi connectivity index (χ0n) is 15.1. The summed E-state index contributed by atoms with van der Waals surface area (Å²) >= 11 is 0. The van der Waals surface area contributed by atoms with Gasteiger partial charge in [-0.05, 0) is 38.3 Å². The van der Waals surface area contributed by atoms with Crippen molar-refractivity contribution in [2.45, 2.75) is 31.6 Å². The zero-order chi connectivity index (χ0) is 19.0. The first-order chi connectivity index (χ1) is 12.9. The van der Waals surface area contributed by atoms with E-state index in [-0.39, 0.29) is 10.8 Å². The lowest BCUT2D eigenvalue weighted by molar-refractivity contribution is 0.389. The number of aromatic nitrogens is 3. The van der Waals surface area contributed by atoms with E-state index >= 15 is 0 Å². The molecule has 2 aromatic heterocycles. The number of hydrogen-bond acceptors (Lipinski definition) is 7. The average molecular weight is 388 g/mol. The lowest BCUT2D eigenvalue weighted by Gasteiger charge is -2.15. The van der Waals surface area contributed by atoms with Gasteiger partial charge in [0.25, 0.3) is 0 Å². The first kappa shape index (κ1) is 17.9. The van der Waals surface area contributed by atoms with Crippen molar-refractivity contribution in [1.82, 2.24) is 19.7 Å². The topological polar surface area (TPSA) is 102 Å². The van der Waals surface area contributed by atoms with Crippen LogP contribution < -0.4 is 0 Å². The summed E-state index contributed by atoms with van der Waals surface area (Å²) < 4.78 is 38.0. The Bertz CT molecular complexity index is 1020. The molecule has 0 bridgehead atoms. The van der Waals surface area contributed by atoms with Gasteiger partial charge in [-0.1, -0.05) is 23.4 Å². The first-order valence-corrected chi connectivity index (χ1v) is 10.2. The molecule has 0 aliphatic carbocycles. The Kier molecular flexibility index (Phi) is 4.56. The highest BCUT2D eigenvalue weighted by Gasteiger charge is 2.36. The van der Waals surface area contributed by atoms with Crippen LogP contribution in [0.1, 0.15) is 23.8 Å². The van der Waals surface area contributed by atoms with Crippen LogP contribution in [0.4, 0.5) is 0 Å². The average Bonchev–Trinajstić information content (AvgIpc) is 3.37. The van der Waals surface area contributed by atoms with Crippen LogP contribution in [0.5, 0.6) is 0 Å². The monoisotopic (exact) mass is 388 g/mol. The molecule has 0 N–H and O–H groups in total. The maximum atomic E-state index is 12.9. The highest BCUT2D eigenvalue weighted by atomic mass is 32.2. The molecule has 1 atom stereocenters. The summed E-state index contributed by atoms with van der Waals surface area (Å²) in [7, 11) is -3.61. The number of aryl methyl sites for hydroxylation is 2. The fourth-order valence-electron chi connectivity index (χ4n) is 3.43. The van der Waals surface area contributed by atoms with Crippen molar-refractivity contribution < 1.29 is 17.4 Å². The van der Waals surface area contributed by atoms with Crippen molar-refractivity contribution in [2.24, 2.45) is 5.92 Å². The molecular weight excluding hydrogens is 368 g/mol. The molecule has 0 spiro atoms. The van der Waals surface area contributed by atoms with Crippen LogP contribution in [-0.2, 0) is 16.4 Å². The van der Waals surface area contributed by atoms with E-state index in [9.17, 15) is 8.42 Å². The Morgan fingerprint density at radius 1 is 1.19 bits per heavy atom. The molecule has 0 amide bonds. The molecule has 9 heteroatoms. The fraction of sp³-hybridized carbons (Fsp3) is 0.389. The Labute approximate surface area is 157 Å². The summed E-state index contributed by atoms with van der Waals surface area (Å²) in [5.41, 5.74) is 1.26. The number of sulfonamides is 1. The third-order valence-corrected chi connectivity index (χ3v) is 6.88. The van der Waals surface area contributed by atoms with Crippen molar-refractivity contribution in [3.63, 3.8) is 0 Å². The van der Waals surface area contributed by atoms with Crippen LogP contribution in [0.25, 0.3) is 11.5 Å². The largest absolute Gasteiger partial charge is 0.421 e. The van der Waals surface area contributed by atoms with Crippen molar-refractivity contribution in [3.05, 3.63) is 47.7 Å². The first-order valence-electron chi connectivity index (χ1n) is 8.76. The quantitative estimate of drug-likeness (QED) is 0.662. The van der Waals surface area contributed by atoms with Gasteiger partial charge in [0.15, 0.2) is 5.76 Å². The molecule has 1 aliphatic rings. The molecule has 4 rings (SSSR count). The van der Waals surface area contributed by atoms with Gasteiger partial charge in [-0.3, -0.25) is 0 Å². The second-order valence-corrected chi connectivity index (χ2v) is 8.62. The van der Waals surface area contributed by atoms with Crippen molar-refractivity contribution >= 4 is 10.0 Å². The second kappa shape index (κ2) is 6.90. The molecule has 1 unspecified atom stereocenters. The highest BCUT2D eigenvalue weighted by Crippen LogP contribution is 2.30. The number of rotatable bonds is 5. The summed E-state index contributed by atoms with van der Waals surface area (Å²) in [6.45, 7) is 4.12. The third kappa shape index (κ3) is 3.40. The molecule has 0 saturated carbocycles. The number of hydrogen-bond donors (Lipinski definition) is 0. The fourth-order valence-corrected chi connectivity index (χ4v) is 5.26. The van der Waals surface area contributed by atoms with Gasteiger partial charge >= 0.3 is 0 Å². The minimum Gasteiger partial charge on any atom is -0.421 e. The predicted molar refractivity (Wildman–Crippen MR) is 96.3 cm³/mol. The Balaban J connectivity index is 1.46. The molecule has 1 fully saturated rings. The summed E-state index contributed by atoms with van der Waals surface area (Å²) in [5, 5.41) is 12.0. The summed E-state index contributed by atoms with van der Waals surface area (Å²) in [6.07, 6.45) is 1.29. The number of benzene rings is 1. The molecule has 3 heterocycles. The van der Waals surface area contributed by atoms with Crippen LogP contribution in [-0.4, -0.2) is 41.2 Å². The highest BCUT2D eigenvalue weighted by molar-refractivity contribution is 7.89. The smallest absolute Gasteiger partial charge is 0.248 e. The van der Waals surface area contributed by atoms with E-state index in [4.69, 9.17) is 8.94 Å². The van der Waals surface area contributed by atoms with E-state index < -0.39 is 10.0 Å². The Morgan fingerprint density at radius 2 is 1.96 bits per heavy atom. The minimum atomic E-state index is -3.61. The summed E-state index contributed by atoms with van der Waals surface area (Å²) in [5.74, 6) is 1.45. The predicted octanol–water partition coefficient (Wildman–Crippen LogP) is 2.59. The molecule has 1 saturated heterocycles. The van der Waals surface area contributed by atoms with Gasteiger partial charge in [0, 0.05) is 25.1 Å². The van der Waals surface area contributed by atoms with Gasteiger partial charge in [-0.25, -0.2) is 8.42 Å². The standard InChI is InChI=1S/C18H20N4O4S/c1-12-17(13(2)26-21-12)27(23,24)22-9-8-14(11-22)10-16-19-20-18(25-16)15-6-4-3-5-7-15/h3-7,14H,8-11H2,1-2H3. The van der Waals surface area contributed by atoms with Crippen LogP contribution in [0.15, 0.2) is 44.2 Å². The second-order valence-electron chi connectivity index (χ2n) is 6.74. The van der Waals surface area contributed by atoms with Gasteiger partial charge in [-0.15, -0.1) is 10.2 Å². The summed E-state index contributed by atoms with van der Waals surface area (Å²) in [6, 6.07) is 9.56. The molecule has 8 nitrogen and oxygen atoms in total. The van der Waals surface area contributed by atoms with Crippen molar-refractivity contribution in [1.29, 1.82) is 0 Å². The van der Waals surface area contributed by atoms with Crippen LogP contribution >= 0.6 is 0 Å². The maximum Gasteiger partial charge on any atom is 0.248 e. The molecule has 142 valence electrons. The molecule has 27 heavy (non-hydrogen) atoms. The van der Waals surface area contributed by atoms with E-state index in [1.807, 2.05) is 30.3 Å². The van der Waals surface area contributed by atoms with Gasteiger partial charge in [0.2, 0.25) is 21.8 Å².